The SMILES string of the molecule is CCCCP(CCCC)(CCCC)(CCCC)OC(=O)CC(C)CC(C)(C)C. The molecule has 0 aliphatic carbocycles. The molecule has 0 aliphatic heterocycles. The number of rotatable bonds is 16. The fraction of sp³-hybridized carbons (Fsp3) is 0.960. The Kier molecular flexibility index (Phi) is 13.2. The van der Waals surface area contributed by atoms with E-state index in [4.69, 9.17) is 4.52 Å². The summed E-state index contributed by atoms with van der Waals surface area (Å²) in [6, 6.07) is 0. The van der Waals surface area contributed by atoms with Crippen LogP contribution >= 0.6 is 6.83 Å². The summed E-state index contributed by atoms with van der Waals surface area (Å²) in [7, 11) is 0. The van der Waals surface area contributed by atoms with Gasteiger partial charge in [0.15, 0.2) is 0 Å². The Balaban J connectivity index is 5.67. The molecular weight excluding hydrogens is 363 g/mol. The Morgan fingerprint density at radius 3 is 1.43 bits per heavy atom. The molecule has 0 fully saturated rings. The van der Waals surface area contributed by atoms with E-state index in [0.29, 0.717) is 12.3 Å². The average Bonchev–Trinajstić information content (AvgIpc) is 2.60. The Labute approximate surface area is 178 Å². The molecule has 0 radical (unpaired) electrons. The van der Waals surface area contributed by atoms with Crippen molar-refractivity contribution in [3.8, 4) is 0 Å². The molecule has 0 N–H and O–H groups in total. The van der Waals surface area contributed by atoms with Gasteiger partial charge in [0.2, 0.25) is 0 Å². The van der Waals surface area contributed by atoms with Crippen LogP contribution in [0.3, 0.4) is 0 Å². The van der Waals surface area contributed by atoms with Crippen molar-refractivity contribution in [3.63, 3.8) is 0 Å². The van der Waals surface area contributed by atoms with Gasteiger partial charge in [-0.2, -0.15) is 0 Å². The first-order valence-electron chi connectivity index (χ1n) is 12.3. The van der Waals surface area contributed by atoms with E-state index in [1.165, 1.54) is 76.0 Å². The summed E-state index contributed by atoms with van der Waals surface area (Å²) in [5.74, 6) is 0.498. The van der Waals surface area contributed by atoms with Gasteiger partial charge in [0.05, 0.1) is 0 Å². The fourth-order valence-corrected chi connectivity index (χ4v) is 11.6. The van der Waals surface area contributed by atoms with Crippen LogP contribution in [0.1, 0.15) is 120 Å². The molecule has 0 aromatic carbocycles. The van der Waals surface area contributed by atoms with Crippen molar-refractivity contribution in [2.45, 2.75) is 120 Å². The first-order valence-corrected chi connectivity index (χ1v) is 15.2. The number of carbonyl (C=O) groups excluding carboxylic acids is 1. The molecule has 0 spiro atoms. The molecule has 0 aliphatic rings. The quantitative estimate of drug-likeness (QED) is 0.235. The summed E-state index contributed by atoms with van der Waals surface area (Å²) in [4.78, 5) is 13.2. The van der Waals surface area contributed by atoms with E-state index in [1.807, 2.05) is 0 Å². The van der Waals surface area contributed by atoms with Crippen molar-refractivity contribution in [1.82, 2.24) is 0 Å². The molecular formula is C25H53O2P. The number of hydrogen-bond acceptors (Lipinski definition) is 2. The van der Waals surface area contributed by atoms with Gasteiger partial charge in [0, 0.05) is 0 Å². The molecule has 0 bridgehead atoms. The van der Waals surface area contributed by atoms with Gasteiger partial charge in [0.1, 0.15) is 0 Å². The molecule has 0 rings (SSSR count). The molecule has 1 unspecified atom stereocenters. The molecule has 1 atom stereocenters. The van der Waals surface area contributed by atoms with Crippen molar-refractivity contribution in [1.29, 1.82) is 0 Å². The maximum absolute atomic E-state index is 13.2. The summed E-state index contributed by atoms with van der Waals surface area (Å²) in [5, 5.41) is 0. The zero-order valence-electron chi connectivity index (χ0n) is 20.7. The summed E-state index contributed by atoms with van der Waals surface area (Å²) in [6.07, 6.45) is 15.9. The molecule has 170 valence electrons. The number of hydrogen-bond donors (Lipinski definition) is 0. The second kappa shape index (κ2) is 13.3. The van der Waals surface area contributed by atoms with Crippen LogP contribution < -0.4 is 0 Å². The van der Waals surface area contributed by atoms with Gasteiger partial charge in [-0.25, -0.2) is 0 Å². The third-order valence-electron chi connectivity index (χ3n) is 6.15. The monoisotopic (exact) mass is 416 g/mol. The van der Waals surface area contributed by atoms with E-state index in [9.17, 15) is 4.79 Å². The van der Waals surface area contributed by atoms with Crippen molar-refractivity contribution in [2.24, 2.45) is 11.3 Å². The second-order valence-corrected chi connectivity index (χ2v) is 16.4. The molecule has 3 heteroatoms. The zero-order valence-corrected chi connectivity index (χ0v) is 21.6. The normalized spacial score (nSPS) is 15.1. The molecule has 2 nitrogen and oxygen atoms in total. The van der Waals surface area contributed by atoms with Crippen LogP contribution in [-0.4, -0.2) is 30.6 Å². The number of unbranched alkanes of at least 4 members (excludes halogenated alkanes) is 4. The number of carbonyl (C=O) groups is 1. The molecule has 28 heavy (non-hydrogen) atoms. The Hall–Kier alpha value is -0.100. The van der Waals surface area contributed by atoms with E-state index in [0.717, 1.165) is 6.42 Å². The van der Waals surface area contributed by atoms with Crippen LogP contribution in [0, 0.1) is 11.3 Å². The summed E-state index contributed by atoms with van der Waals surface area (Å²) in [5.41, 5.74) is 0.264. The Bertz CT molecular complexity index is 381. The van der Waals surface area contributed by atoms with Crippen molar-refractivity contribution in [3.05, 3.63) is 0 Å². The van der Waals surface area contributed by atoms with Gasteiger partial charge in [-0.3, -0.25) is 0 Å². The van der Waals surface area contributed by atoms with E-state index in [-0.39, 0.29) is 11.4 Å². The zero-order chi connectivity index (χ0) is 21.7. The molecule has 0 amide bonds. The molecule has 0 heterocycles. The van der Waals surface area contributed by atoms with Crippen LogP contribution in [0.2, 0.25) is 0 Å². The molecule has 0 aromatic rings. The van der Waals surface area contributed by atoms with E-state index < -0.39 is 6.83 Å². The van der Waals surface area contributed by atoms with Gasteiger partial charge in [-0.1, -0.05) is 0 Å². The van der Waals surface area contributed by atoms with E-state index in [2.05, 4.69) is 55.4 Å². The third-order valence-corrected chi connectivity index (χ3v) is 12.7. The van der Waals surface area contributed by atoms with Gasteiger partial charge < -0.3 is 0 Å². The fourth-order valence-electron chi connectivity index (χ4n) is 4.81. The molecule has 0 aromatic heterocycles. The maximum atomic E-state index is 13.2. The Morgan fingerprint density at radius 2 is 1.14 bits per heavy atom. The third kappa shape index (κ3) is 10.6. The van der Waals surface area contributed by atoms with Gasteiger partial charge in [0.25, 0.3) is 0 Å². The van der Waals surface area contributed by atoms with Crippen LogP contribution in [0.25, 0.3) is 0 Å². The summed E-state index contributed by atoms with van der Waals surface area (Å²) in [6.45, 7) is 15.6. The van der Waals surface area contributed by atoms with Crippen LogP contribution in [0.4, 0.5) is 0 Å². The minimum absolute atomic E-state index is 0.105. The second-order valence-electron chi connectivity index (χ2n) is 10.7. The first-order chi connectivity index (χ1) is 13.1. The molecule has 0 saturated carbocycles. The van der Waals surface area contributed by atoms with Crippen LogP contribution in [0.5, 0.6) is 0 Å². The summed E-state index contributed by atoms with van der Waals surface area (Å²) < 4.78 is 6.81. The van der Waals surface area contributed by atoms with Gasteiger partial charge in [-0.15, -0.1) is 0 Å². The summed E-state index contributed by atoms with van der Waals surface area (Å²) >= 11 is 0. The predicted molar refractivity (Wildman–Crippen MR) is 130 cm³/mol. The van der Waals surface area contributed by atoms with Crippen LogP contribution in [-0.2, 0) is 9.32 Å². The predicted octanol–water partition coefficient (Wildman–Crippen LogP) is 8.66. The van der Waals surface area contributed by atoms with Crippen LogP contribution in [0.15, 0.2) is 0 Å². The van der Waals surface area contributed by atoms with Crippen molar-refractivity contribution in [2.75, 3.05) is 24.6 Å². The van der Waals surface area contributed by atoms with Gasteiger partial charge in [-0.05, 0) is 0 Å². The minimum atomic E-state index is -2.47. The Morgan fingerprint density at radius 1 is 0.786 bits per heavy atom. The van der Waals surface area contributed by atoms with Crippen molar-refractivity contribution >= 4 is 12.8 Å². The van der Waals surface area contributed by atoms with Crippen molar-refractivity contribution < 1.29 is 9.32 Å². The average molecular weight is 417 g/mol. The first kappa shape index (κ1) is 27.9. The van der Waals surface area contributed by atoms with E-state index >= 15 is 0 Å². The van der Waals surface area contributed by atoms with E-state index in [1.54, 1.807) is 0 Å². The molecule has 0 saturated heterocycles. The topological polar surface area (TPSA) is 26.3 Å². The standard InChI is InChI=1S/C25H53O2P/c1-9-13-17-28(18-14-10-2,19-15-11-3,20-16-12-4)27-24(26)21-23(5)22-25(6,7)8/h23H,9-22H2,1-8H3. The van der Waals surface area contributed by atoms with Gasteiger partial charge >= 0.3 is 178 Å².